The fraction of sp³-hybridized carbons (Fsp3) is 0.364. The van der Waals surface area contributed by atoms with Gasteiger partial charge >= 0.3 is 0 Å². The third kappa shape index (κ3) is 3.70. The highest BCUT2D eigenvalue weighted by atomic mass is 32.2. The minimum absolute atomic E-state index is 0.106. The topological polar surface area (TPSA) is 117 Å². The zero-order chi connectivity index (χ0) is 14.5. The third-order valence-corrected chi connectivity index (χ3v) is 4.05. The smallest absolute Gasteiger partial charge is 0.161 e. The van der Waals surface area contributed by atoms with Gasteiger partial charge < -0.3 is 5.73 Å². The van der Waals surface area contributed by atoms with E-state index < -0.39 is 0 Å². The van der Waals surface area contributed by atoms with E-state index in [0.29, 0.717) is 23.1 Å². The first-order valence-corrected chi connectivity index (χ1v) is 7.85. The summed E-state index contributed by atoms with van der Waals surface area (Å²) in [6.45, 7) is 2.40. The number of nitrogens with zero attached hydrogens (tertiary/aromatic N) is 4. The number of rotatable bonds is 5. The molecule has 0 bridgehead atoms. The van der Waals surface area contributed by atoms with E-state index in [0.717, 1.165) is 16.7 Å². The molecule has 106 valence electrons. The first-order valence-electron chi connectivity index (χ1n) is 5.88. The molecule has 0 amide bonds. The summed E-state index contributed by atoms with van der Waals surface area (Å²) in [5.74, 6) is 1.32. The molecular weight excluding hydrogens is 294 g/mol. The fourth-order valence-electron chi connectivity index (χ4n) is 1.64. The standard InChI is InChI=1S/C11H15N7S2/c1-7(12)20-5-9-8-4-17-18(2-3-19-11(13)14)10(8)16-6-15-9/h4,6,12H,2-3,5H2,1H3,(H3,13,14). The highest BCUT2D eigenvalue weighted by Crippen LogP contribution is 2.19. The van der Waals surface area contributed by atoms with Crippen LogP contribution in [0.1, 0.15) is 12.6 Å². The van der Waals surface area contributed by atoms with E-state index in [-0.39, 0.29) is 5.17 Å². The summed E-state index contributed by atoms with van der Waals surface area (Å²) >= 11 is 2.72. The van der Waals surface area contributed by atoms with Gasteiger partial charge in [-0.15, -0.1) is 11.8 Å². The van der Waals surface area contributed by atoms with Gasteiger partial charge in [-0.1, -0.05) is 11.8 Å². The minimum Gasteiger partial charge on any atom is -0.379 e. The second-order valence-electron chi connectivity index (χ2n) is 3.98. The lowest BCUT2D eigenvalue weighted by Crippen LogP contribution is -2.09. The summed E-state index contributed by atoms with van der Waals surface area (Å²) in [6.07, 6.45) is 3.27. The number of fused-ring (bicyclic) bond motifs is 1. The molecule has 0 saturated carbocycles. The molecule has 7 nitrogen and oxygen atoms in total. The van der Waals surface area contributed by atoms with Crippen molar-refractivity contribution in [2.24, 2.45) is 5.73 Å². The van der Waals surface area contributed by atoms with Crippen LogP contribution in [-0.2, 0) is 12.3 Å². The molecule has 20 heavy (non-hydrogen) atoms. The number of aromatic nitrogens is 4. The summed E-state index contributed by atoms with van der Waals surface area (Å²) < 4.78 is 1.79. The summed E-state index contributed by atoms with van der Waals surface area (Å²) in [4.78, 5) is 8.52. The van der Waals surface area contributed by atoms with Crippen molar-refractivity contribution < 1.29 is 0 Å². The average Bonchev–Trinajstić information content (AvgIpc) is 2.80. The predicted molar refractivity (Wildman–Crippen MR) is 84.4 cm³/mol. The Balaban J connectivity index is 2.16. The molecule has 0 fully saturated rings. The van der Waals surface area contributed by atoms with E-state index >= 15 is 0 Å². The minimum atomic E-state index is 0.106. The van der Waals surface area contributed by atoms with Gasteiger partial charge in [0.1, 0.15) is 6.33 Å². The SMILES string of the molecule is CC(=N)SCc1ncnc2c1cnn2CCSC(=N)N. The molecular formula is C11H15N7S2. The first-order chi connectivity index (χ1) is 9.58. The van der Waals surface area contributed by atoms with Gasteiger partial charge in [-0.25, -0.2) is 14.6 Å². The molecule has 0 saturated heterocycles. The average molecular weight is 309 g/mol. The Hall–Kier alpha value is -1.61. The lowest BCUT2D eigenvalue weighted by molar-refractivity contribution is 0.683. The fourth-order valence-corrected chi connectivity index (χ4v) is 2.71. The molecule has 0 aliphatic heterocycles. The molecule has 4 N–H and O–H groups in total. The van der Waals surface area contributed by atoms with Crippen LogP contribution in [0.4, 0.5) is 0 Å². The summed E-state index contributed by atoms with van der Waals surface area (Å²) in [5, 5.41) is 20.5. The number of nitrogens with one attached hydrogen (secondary N) is 2. The van der Waals surface area contributed by atoms with E-state index in [4.69, 9.17) is 16.6 Å². The van der Waals surface area contributed by atoms with Crippen LogP contribution in [0.25, 0.3) is 11.0 Å². The molecule has 0 radical (unpaired) electrons. The van der Waals surface area contributed by atoms with Crippen LogP contribution < -0.4 is 5.73 Å². The van der Waals surface area contributed by atoms with Gasteiger partial charge in [-0.05, 0) is 6.92 Å². The lowest BCUT2D eigenvalue weighted by Gasteiger charge is -2.03. The highest BCUT2D eigenvalue weighted by molar-refractivity contribution is 8.13. The monoisotopic (exact) mass is 309 g/mol. The van der Waals surface area contributed by atoms with Gasteiger partial charge in [0.15, 0.2) is 10.8 Å². The molecule has 0 spiro atoms. The van der Waals surface area contributed by atoms with Crippen molar-refractivity contribution in [3.05, 3.63) is 18.2 Å². The van der Waals surface area contributed by atoms with Crippen molar-refractivity contribution in [1.82, 2.24) is 19.7 Å². The van der Waals surface area contributed by atoms with Crippen molar-refractivity contribution in [2.75, 3.05) is 5.75 Å². The zero-order valence-electron chi connectivity index (χ0n) is 11.0. The van der Waals surface area contributed by atoms with Crippen LogP contribution in [0.5, 0.6) is 0 Å². The Morgan fingerprint density at radius 2 is 2.15 bits per heavy atom. The van der Waals surface area contributed by atoms with Crippen LogP contribution in [0.2, 0.25) is 0 Å². The normalized spacial score (nSPS) is 10.8. The Morgan fingerprint density at radius 1 is 1.35 bits per heavy atom. The lowest BCUT2D eigenvalue weighted by atomic mass is 10.3. The first kappa shape index (κ1) is 14.8. The van der Waals surface area contributed by atoms with E-state index in [9.17, 15) is 0 Å². The third-order valence-electron chi connectivity index (χ3n) is 2.50. The maximum absolute atomic E-state index is 7.45. The van der Waals surface area contributed by atoms with Gasteiger partial charge in [0, 0.05) is 11.5 Å². The van der Waals surface area contributed by atoms with Crippen molar-refractivity contribution >= 4 is 44.8 Å². The second kappa shape index (κ2) is 6.71. The maximum atomic E-state index is 7.45. The van der Waals surface area contributed by atoms with E-state index in [1.165, 1.54) is 29.9 Å². The molecule has 2 heterocycles. The van der Waals surface area contributed by atoms with E-state index in [1.807, 2.05) is 0 Å². The molecule has 0 aliphatic carbocycles. The molecule has 0 atom stereocenters. The van der Waals surface area contributed by atoms with Gasteiger partial charge in [-0.3, -0.25) is 10.8 Å². The summed E-state index contributed by atoms with van der Waals surface area (Å²) in [5.41, 5.74) is 6.97. The number of hydrogen-bond donors (Lipinski definition) is 3. The quantitative estimate of drug-likeness (QED) is 0.571. The summed E-state index contributed by atoms with van der Waals surface area (Å²) in [6, 6.07) is 0. The maximum Gasteiger partial charge on any atom is 0.161 e. The van der Waals surface area contributed by atoms with E-state index in [2.05, 4.69) is 15.1 Å². The Morgan fingerprint density at radius 3 is 2.85 bits per heavy atom. The number of thioether (sulfide) groups is 2. The molecule has 2 aromatic heterocycles. The Labute approximate surface area is 124 Å². The Kier molecular flexibility index (Phi) is 4.96. The van der Waals surface area contributed by atoms with E-state index in [1.54, 1.807) is 17.8 Å². The number of aryl methyl sites for hydroxylation is 1. The predicted octanol–water partition coefficient (Wildman–Crippen LogP) is 1.68. The van der Waals surface area contributed by atoms with Gasteiger partial charge in [0.05, 0.1) is 28.9 Å². The number of hydrogen-bond acceptors (Lipinski definition) is 7. The van der Waals surface area contributed by atoms with Gasteiger partial charge in [0.25, 0.3) is 0 Å². The van der Waals surface area contributed by atoms with Crippen LogP contribution in [0.15, 0.2) is 12.5 Å². The zero-order valence-corrected chi connectivity index (χ0v) is 12.6. The number of amidine groups is 1. The molecule has 0 aromatic carbocycles. The van der Waals surface area contributed by atoms with Crippen LogP contribution in [-0.4, -0.2) is 35.7 Å². The number of nitrogens with two attached hydrogens (primary N) is 1. The second-order valence-corrected chi connectivity index (χ2v) is 6.31. The molecule has 9 heteroatoms. The summed E-state index contributed by atoms with van der Waals surface area (Å²) in [7, 11) is 0. The molecule has 0 aliphatic rings. The molecule has 2 rings (SSSR count). The van der Waals surface area contributed by atoms with Crippen molar-refractivity contribution in [3.8, 4) is 0 Å². The van der Waals surface area contributed by atoms with Crippen LogP contribution in [0.3, 0.4) is 0 Å². The Bertz CT molecular complexity index is 637. The molecule has 0 unspecified atom stereocenters. The van der Waals surface area contributed by atoms with Crippen LogP contribution >= 0.6 is 23.5 Å². The van der Waals surface area contributed by atoms with Crippen molar-refractivity contribution in [1.29, 1.82) is 10.8 Å². The van der Waals surface area contributed by atoms with Crippen molar-refractivity contribution in [2.45, 2.75) is 19.2 Å². The van der Waals surface area contributed by atoms with Gasteiger partial charge in [0.2, 0.25) is 0 Å². The molecule has 2 aromatic rings. The highest BCUT2D eigenvalue weighted by Gasteiger charge is 2.10. The largest absolute Gasteiger partial charge is 0.379 e. The van der Waals surface area contributed by atoms with Gasteiger partial charge in [-0.2, -0.15) is 5.10 Å². The van der Waals surface area contributed by atoms with Crippen LogP contribution in [0, 0.1) is 10.8 Å². The van der Waals surface area contributed by atoms with Crippen molar-refractivity contribution in [3.63, 3.8) is 0 Å².